The maximum absolute atomic E-state index is 13.1. The van der Waals surface area contributed by atoms with E-state index in [-0.39, 0.29) is 5.82 Å². The number of piperidine rings is 3. The normalized spacial score (nSPS) is 31.3. The average Bonchev–Trinajstić information content (AvgIpc) is 2.68. The van der Waals surface area contributed by atoms with Crippen molar-refractivity contribution in [3.8, 4) is 0 Å². The number of nitrogens with one attached hydrogen (secondary N) is 1. The van der Waals surface area contributed by atoms with Crippen molar-refractivity contribution < 1.29 is 12.8 Å². The summed E-state index contributed by atoms with van der Waals surface area (Å²) in [4.78, 5) is 7.38. The lowest BCUT2D eigenvalue weighted by molar-refractivity contribution is -0.0107. The number of benzene rings is 1. The molecule has 1 aromatic rings. The van der Waals surface area contributed by atoms with Crippen molar-refractivity contribution in [2.24, 2.45) is 11.8 Å². The summed E-state index contributed by atoms with van der Waals surface area (Å²) >= 11 is 0. The molecule has 4 heterocycles. The van der Waals surface area contributed by atoms with Crippen LogP contribution in [0.1, 0.15) is 12.8 Å². The smallest absolute Gasteiger partial charge is 0.208 e. The molecule has 0 aromatic heterocycles. The predicted octanol–water partition coefficient (Wildman–Crippen LogP) is 1.21. The van der Waals surface area contributed by atoms with Gasteiger partial charge in [0.05, 0.1) is 6.26 Å². The number of sulfonamides is 1. The summed E-state index contributed by atoms with van der Waals surface area (Å²) < 4.78 is 38.6. The third kappa shape index (κ3) is 4.84. The van der Waals surface area contributed by atoms with Gasteiger partial charge in [-0.1, -0.05) is 0 Å². The third-order valence-corrected chi connectivity index (χ3v) is 7.34. The molecule has 4 atom stereocenters. The third-order valence-electron chi connectivity index (χ3n) is 6.65. The van der Waals surface area contributed by atoms with Crippen LogP contribution in [0.5, 0.6) is 0 Å². The Morgan fingerprint density at radius 3 is 2.43 bits per heavy atom. The van der Waals surface area contributed by atoms with Gasteiger partial charge in [0.15, 0.2) is 0 Å². The second-order valence-electron chi connectivity index (χ2n) is 8.58. The Balaban J connectivity index is 1.26. The molecular formula is C20H31FN4O2S. The molecule has 4 fully saturated rings. The highest BCUT2D eigenvalue weighted by Gasteiger charge is 2.40. The first-order valence-electron chi connectivity index (χ1n) is 10.3. The molecule has 156 valence electrons. The first kappa shape index (κ1) is 20.1. The number of fused-ring (bicyclic) bond motifs is 3. The molecule has 8 heteroatoms. The zero-order valence-electron chi connectivity index (χ0n) is 16.6. The number of nitrogens with zero attached hydrogens (tertiary/aromatic N) is 3. The number of anilines is 1. The molecule has 0 amide bonds. The van der Waals surface area contributed by atoms with Crippen LogP contribution in [0.4, 0.5) is 10.1 Å². The number of hydrogen-bond donors (Lipinski definition) is 1. The van der Waals surface area contributed by atoms with Gasteiger partial charge in [-0.25, -0.2) is 17.5 Å². The van der Waals surface area contributed by atoms with Gasteiger partial charge in [0.2, 0.25) is 10.0 Å². The van der Waals surface area contributed by atoms with Crippen LogP contribution in [-0.2, 0) is 10.0 Å². The minimum atomic E-state index is -3.12. The van der Waals surface area contributed by atoms with Crippen molar-refractivity contribution in [2.75, 3.05) is 63.5 Å². The molecule has 4 aliphatic heterocycles. The number of halogens is 1. The number of rotatable bonds is 6. The Bertz CT molecular complexity index is 765. The van der Waals surface area contributed by atoms with Crippen molar-refractivity contribution in [2.45, 2.75) is 18.9 Å². The summed E-state index contributed by atoms with van der Waals surface area (Å²) in [5, 5.41) is 0. The van der Waals surface area contributed by atoms with Crippen molar-refractivity contribution in [3.63, 3.8) is 0 Å². The van der Waals surface area contributed by atoms with Gasteiger partial charge in [-0.2, -0.15) is 0 Å². The Hall–Kier alpha value is -1.22. The van der Waals surface area contributed by atoms with Crippen LogP contribution < -0.4 is 9.62 Å². The predicted molar refractivity (Wildman–Crippen MR) is 109 cm³/mol. The number of piperazine rings is 1. The fraction of sp³-hybridized carbons (Fsp3) is 0.700. The minimum absolute atomic E-state index is 0.185. The van der Waals surface area contributed by atoms with E-state index in [1.54, 1.807) is 0 Å². The molecule has 1 N–H and O–H groups in total. The summed E-state index contributed by atoms with van der Waals surface area (Å²) in [7, 11) is -3.12. The van der Waals surface area contributed by atoms with Crippen molar-refractivity contribution in [1.82, 2.24) is 14.5 Å². The SMILES string of the molecule is CS(=O)(=O)NC[C@H]1C[C@@H]2CCN1C[C@@H]2CN1CCN(c2ccc(F)cc2)CC1. The zero-order valence-corrected chi connectivity index (χ0v) is 17.4. The van der Waals surface area contributed by atoms with Gasteiger partial charge >= 0.3 is 0 Å². The van der Waals surface area contributed by atoms with Gasteiger partial charge in [0.25, 0.3) is 0 Å². The molecule has 0 spiro atoms. The maximum Gasteiger partial charge on any atom is 0.208 e. The van der Waals surface area contributed by atoms with Crippen LogP contribution in [0.2, 0.25) is 0 Å². The summed E-state index contributed by atoms with van der Waals surface area (Å²) in [6.07, 6.45) is 3.57. The van der Waals surface area contributed by atoms with Crippen LogP contribution in [0.15, 0.2) is 24.3 Å². The van der Waals surface area contributed by atoms with Crippen molar-refractivity contribution in [3.05, 3.63) is 30.1 Å². The summed E-state index contributed by atoms with van der Waals surface area (Å²) in [6, 6.07) is 7.14. The van der Waals surface area contributed by atoms with Gasteiger partial charge in [-0.05, 0) is 55.5 Å². The zero-order chi connectivity index (χ0) is 19.7. The van der Waals surface area contributed by atoms with E-state index >= 15 is 0 Å². The molecule has 4 saturated heterocycles. The average molecular weight is 411 g/mol. The van der Waals surface area contributed by atoms with Crippen LogP contribution >= 0.6 is 0 Å². The second-order valence-corrected chi connectivity index (χ2v) is 10.4. The van der Waals surface area contributed by atoms with Gasteiger partial charge in [-0.15, -0.1) is 0 Å². The Morgan fingerprint density at radius 1 is 1.11 bits per heavy atom. The molecule has 0 aliphatic carbocycles. The largest absolute Gasteiger partial charge is 0.369 e. The fourth-order valence-electron chi connectivity index (χ4n) is 5.09. The van der Waals surface area contributed by atoms with E-state index in [0.717, 1.165) is 57.9 Å². The highest BCUT2D eigenvalue weighted by Crippen LogP contribution is 2.36. The molecule has 4 aliphatic rings. The first-order chi connectivity index (χ1) is 13.4. The first-order valence-corrected chi connectivity index (χ1v) is 12.2. The van der Waals surface area contributed by atoms with Gasteiger partial charge < -0.3 is 4.90 Å². The molecule has 6 nitrogen and oxygen atoms in total. The summed E-state index contributed by atoms with van der Waals surface area (Å²) in [5.74, 6) is 1.20. The Kier molecular flexibility index (Phi) is 5.92. The van der Waals surface area contributed by atoms with Crippen molar-refractivity contribution >= 4 is 15.7 Å². The maximum atomic E-state index is 13.1. The molecule has 28 heavy (non-hydrogen) atoms. The molecule has 0 saturated carbocycles. The van der Waals surface area contributed by atoms with E-state index < -0.39 is 10.0 Å². The van der Waals surface area contributed by atoms with E-state index in [0.29, 0.717) is 24.4 Å². The highest BCUT2D eigenvalue weighted by atomic mass is 32.2. The molecular weight excluding hydrogens is 379 g/mol. The quantitative estimate of drug-likeness (QED) is 0.764. The Labute approximate surface area is 167 Å². The second kappa shape index (κ2) is 8.26. The number of hydrogen-bond acceptors (Lipinski definition) is 5. The lowest BCUT2D eigenvalue weighted by Crippen LogP contribution is -2.59. The van der Waals surface area contributed by atoms with E-state index in [4.69, 9.17) is 0 Å². The van der Waals surface area contributed by atoms with Gasteiger partial charge in [0.1, 0.15) is 5.82 Å². The van der Waals surface area contributed by atoms with Crippen LogP contribution in [0.3, 0.4) is 0 Å². The lowest BCUT2D eigenvalue weighted by atomic mass is 9.75. The van der Waals surface area contributed by atoms with Crippen LogP contribution in [-0.4, -0.2) is 82.9 Å². The van der Waals surface area contributed by atoms with E-state index in [1.165, 1.54) is 24.8 Å². The standard InChI is InChI=1S/C20H31FN4O2S/c1-28(26,27)22-13-20-12-16-6-7-25(20)15-17(16)14-23-8-10-24(11-9-23)19-4-2-18(21)3-5-19/h2-5,16-17,20,22H,6-15H2,1H3/t16-,17-,20+/m0/s1. The lowest BCUT2D eigenvalue weighted by Gasteiger charge is -2.51. The molecule has 5 rings (SSSR count). The van der Waals surface area contributed by atoms with E-state index in [9.17, 15) is 12.8 Å². The van der Waals surface area contributed by atoms with Gasteiger partial charge in [0, 0.05) is 57.5 Å². The highest BCUT2D eigenvalue weighted by molar-refractivity contribution is 7.88. The topological polar surface area (TPSA) is 55.9 Å². The monoisotopic (exact) mass is 410 g/mol. The molecule has 0 radical (unpaired) electrons. The fourth-order valence-corrected chi connectivity index (χ4v) is 5.58. The van der Waals surface area contributed by atoms with E-state index in [1.807, 2.05) is 12.1 Å². The molecule has 2 bridgehead atoms. The van der Waals surface area contributed by atoms with Crippen LogP contribution in [0, 0.1) is 17.7 Å². The minimum Gasteiger partial charge on any atom is -0.369 e. The molecule has 1 unspecified atom stereocenters. The summed E-state index contributed by atoms with van der Waals surface area (Å²) in [5.41, 5.74) is 1.10. The summed E-state index contributed by atoms with van der Waals surface area (Å²) in [6.45, 7) is 7.89. The van der Waals surface area contributed by atoms with E-state index in [2.05, 4.69) is 19.4 Å². The van der Waals surface area contributed by atoms with Crippen molar-refractivity contribution in [1.29, 1.82) is 0 Å². The van der Waals surface area contributed by atoms with Crippen LogP contribution in [0.25, 0.3) is 0 Å². The van der Waals surface area contributed by atoms with Gasteiger partial charge in [-0.3, -0.25) is 9.80 Å². The molecule has 1 aromatic carbocycles. The Morgan fingerprint density at radius 2 is 1.82 bits per heavy atom.